The van der Waals surface area contributed by atoms with Gasteiger partial charge in [-0.2, -0.15) is 5.10 Å². The highest BCUT2D eigenvalue weighted by molar-refractivity contribution is 9.10. The van der Waals surface area contributed by atoms with Crippen LogP contribution < -0.4 is 0 Å². The standard InChI is InChI=1S/C14H15BrClFN2O3/c1-4-22-14(21)8(2)18-19(3)12(20)7-9-11(17)6-5-10(16)13(9)15/h5-6H,4,7H2,1-3H3/b18-8+. The van der Waals surface area contributed by atoms with Gasteiger partial charge >= 0.3 is 5.97 Å². The van der Waals surface area contributed by atoms with Gasteiger partial charge in [0, 0.05) is 17.1 Å². The molecule has 5 nitrogen and oxygen atoms in total. The number of benzene rings is 1. The lowest BCUT2D eigenvalue weighted by molar-refractivity contribution is -0.135. The summed E-state index contributed by atoms with van der Waals surface area (Å²) in [6, 6.07) is 2.57. The zero-order chi connectivity index (χ0) is 16.9. The highest BCUT2D eigenvalue weighted by Crippen LogP contribution is 2.29. The van der Waals surface area contributed by atoms with Crippen molar-refractivity contribution in [3.05, 3.63) is 33.0 Å². The fourth-order valence-corrected chi connectivity index (χ4v) is 2.19. The van der Waals surface area contributed by atoms with Crippen LogP contribution in [0.1, 0.15) is 19.4 Å². The van der Waals surface area contributed by atoms with Crippen molar-refractivity contribution in [1.82, 2.24) is 5.01 Å². The molecule has 0 atom stereocenters. The summed E-state index contributed by atoms with van der Waals surface area (Å²) < 4.78 is 18.9. The van der Waals surface area contributed by atoms with Crippen LogP contribution in [-0.2, 0) is 20.7 Å². The Morgan fingerprint density at radius 2 is 2.09 bits per heavy atom. The Morgan fingerprint density at radius 1 is 1.45 bits per heavy atom. The normalized spacial score (nSPS) is 11.3. The number of amides is 1. The average Bonchev–Trinajstić information content (AvgIpc) is 2.47. The van der Waals surface area contributed by atoms with Gasteiger partial charge in [0.25, 0.3) is 0 Å². The van der Waals surface area contributed by atoms with Gasteiger partial charge in [-0.15, -0.1) is 0 Å². The average molecular weight is 394 g/mol. The lowest BCUT2D eigenvalue weighted by atomic mass is 10.1. The number of carbonyl (C=O) groups excluding carboxylic acids is 2. The van der Waals surface area contributed by atoms with Crippen LogP contribution in [-0.4, -0.2) is 36.3 Å². The van der Waals surface area contributed by atoms with Gasteiger partial charge in [-0.25, -0.2) is 14.2 Å². The molecule has 1 aromatic carbocycles. The molecule has 0 bridgehead atoms. The van der Waals surface area contributed by atoms with Crippen LogP contribution in [0.25, 0.3) is 0 Å². The highest BCUT2D eigenvalue weighted by Gasteiger charge is 2.18. The van der Waals surface area contributed by atoms with Gasteiger partial charge in [0.2, 0.25) is 5.91 Å². The van der Waals surface area contributed by atoms with Gasteiger partial charge in [-0.3, -0.25) is 4.79 Å². The molecule has 0 saturated heterocycles. The first kappa shape index (κ1) is 18.6. The van der Waals surface area contributed by atoms with Gasteiger partial charge in [0.15, 0.2) is 0 Å². The van der Waals surface area contributed by atoms with E-state index in [4.69, 9.17) is 16.3 Å². The zero-order valence-electron chi connectivity index (χ0n) is 12.3. The molecule has 0 heterocycles. The first-order chi connectivity index (χ1) is 10.3. The molecule has 1 rings (SSSR count). The van der Waals surface area contributed by atoms with Crippen molar-refractivity contribution < 1.29 is 18.7 Å². The molecule has 0 N–H and O–H groups in total. The minimum Gasteiger partial charge on any atom is -0.461 e. The second-order valence-electron chi connectivity index (χ2n) is 4.32. The van der Waals surface area contributed by atoms with Gasteiger partial charge in [-0.1, -0.05) is 11.6 Å². The Morgan fingerprint density at radius 3 is 2.68 bits per heavy atom. The van der Waals surface area contributed by atoms with Gasteiger partial charge in [-0.05, 0) is 41.9 Å². The number of hydrazone groups is 1. The van der Waals surface area contributed by atoms with E-state index in [0.717, 1.165) is 5.01 Å². The maximum absolute atomic E-state index is 13.8. The third kappa shape index (κ3) is 4.78. The van der Waals surface area contributed by atoms with E-state index in [1.165, 1.54) is 26.1 Å². The molecule has 0 aromatic heterocycles. The fourth-order valence-electron chi connectivity index (χ4n) is 1.55. The molecule has 120 valence electrons. The second-order valence-corrected chi connectivity index (χ2v) is 5.52. The number of ether oxygens (including phenoxy) is 1. The van der Waals surface area contributed by atoms with Crippen molar-refractivity contribution in [1.29, 1.82) is 0 Å². The van der Waals surface area contributed by atoms with Gasteiger partial charge in [0.1, 0.15) is 11.5 Å². The van der Waals surface area contributed by atoms with Crippen LogP contribution in [0.4, 0.5) is 4.39 Å². The molecule has 0 aliphatic heterocycles. The zero-order valence-corrected chi connectivity index (χ0v) is 14.7. The van der Waals surface area contributed by atoms with Crippen molar-refractivity contribution in [2.45, 2.75) is 20.3 Å². The van der Waals surface area contributed by atoms with Crippen LogP contribution >= 0.6 is 27.5 Å². The molecule has 0 saturated carbocycles. The third-order valence-corrected chi connectivity index (χ3v) is 4.15. The monoisotopic (exact) mass is 392 g/mol. The van der Waals surface area contributed by atoms with Gasteiger partial charge in [0.05, 0.1) is 18.1 Å². The summed E-state index contributed by atoms with van der Waals surface area (Å²) in [5.41, 5.74) is 0.164. The molecule has 8 heteroatoms. The molecule has 0 fully saturated rings. The topological polar surface area (TPSA) is 59.0 Å². The molecule has 1 amide bonds. The molecule has 0 unspecified atom stereocenters. The van der Waals surface area contributed by atoms with E-state index in [9.17, 15) is 14.0 Å². The second kappa shape index (κ2) is 8.24. The van der Waals surface area contributed by atoms with E-state index in [0.29, 0.717) is 9.50 Å². The minimum atomic E-state index is -0.614. The van der Waals surface area contributed by atoms with Gasteiger partial charge < -0.3 is 4.74 Å². The fraction of sp³-hybridized carbons (Fsp3) is 0.357. The van der Waals surface area contributed by atoms with Crippen molar-refractivity contribution in [2.75, 3.05) is 13.7 Å². The Hall–Kier alpha value is -1.47. The van der Waals surface area contributed by atoms with Crippen LogP contribution in [0.2, 0.25) is 5.02 Å². The van der Waals surface area contributed by atoms with E-state index >= 15 is 0 Å². The Bertz CT molecular complexity index is 622. The van der Waals surface area contributed by atoms with Crippen molar-refractivity contribution in [3.63, 3.8) is 0 Å². The predicted octanol–water partition coefficient (Wildman–Crippen LogP) is 3.18. The quantitative estimate of drug-likeness (QED) is 0.334. The van der Waals surface area contributed by atoms with E-state index < -0.39 is 17.7 Å². The Kier molecular flexibility index (Phi) is 6.96. The summed E-state index contributed by atoms with van der Waals surface area (Å²) in [6.07, 6.45) is -0.247. The summed E-state index contributed by atoms with van der Waals surface area (Å²) in [5.74, 6) is -1.66. The number of nitrogens with zero attached hydrogens (tertiary/aromatic N) is 2. The Labute approximate surface area is 141 Å². The number of esters is 1. The molecule has 22 heavy (non-hydrogen) atoms. The lowest BCUT2D eigenvalue weighted by Crippen LogP contribution is -2.27. The van der Waals surface area contributed by atoms with Crippen molar-refractivity contribution >= 4 is 45.1 Å². The number of carbonyl (C=O) groups is 2. The maximum Gasteiger partial charge on any atom is 0.354 e. The van der Waals surface area contributed by atoms with Crippen LogP contribution in [0.5, 0.6) is 0 Å². The van der Waals surface area contributed by atoms with Crippen molar-refractivity contribution in [2.24, 2.45) is 5.10 Å². The van der Waals surface area contributed by atoms with Crippen molar-refractivity contribution in [3.8, 4) is 0 Å². The van der Waals surface area contributed by atoms with E-state index in [1.54, 1.807) is 6.92 Å². The number of halogens is 3. The smallest absolute Gasteiger partial charge is 0.354 e. The van der Waals surface area contributed by atoms with E-state index in [1.807, 2.05) is 0 Å². The molecule has 0 spiro atoms. The highest BCUT2D eigenvalue weighted by atomic mass is 79.9. The third-order valence-electron chi connectivity index (χ3n) is 2.70. The number of hydrogen-bond acceptors (Lipinski definition) is 4. The first-order valence-corrected chi connectivity index (χ1v) is 7.56. The van der Waals surface area contributed by atoms with Crippen LogP contribution in [0.3, 0.4) is 0 Å². The van der Waals surface area contributed by atoms with E-state index in [2.05, 4.69) is 21.0 Å². The largest absolute Gasteiger partial charge is 0.461 e. The van der Waals surface area contributed by atoms with Crippen LogP contribution in [0.15, 0.2) is 21.7 Å². The predicted molar refractivity (Wildman–Crippen MR) is 85.3 cm³/mol. The summed E-state index contributed by atoms with van der Waals surface area (Å²) in [5, 5.41) is 5.10. The number of rotatable bonds is 5. The minimum absolute atomic E-state index is 0.0309. The lowest BCUT2D eigenvalue weighted by Gasteiger charge is -2.14. The summed E-state index contributed by atoms with van der Waals surface area (Å²) in [7, 11) is 1.38. The maximum atomic E-state index is 13.8. The molecular formula is C14H15BrClFN2O3. The molecule has 0 aliphatic carbocycles. The molecule has 1 aromatic rings. The Balaban J connectivity index is 2.88. The molecule has 0 aliphatic rings. The number of likely N-dealkylation sites (N-methyl/N-ethyl adjacent to an activating group) is 1. The first-order valence-electron chi connectivity index (χ1n) is 6.39. The van der Waals surface area contributed by atoms with E-state index in [-0.39, 0.29) is 24.3 Å². The summed E-state index contributed by atoms with van der Waals surface area (Å²) in [6.45, 7) is 3.31. The van der Waals surface area contributed by atoms with Crippen LogP contribution in [0, 0.1) is 5.82 Å². The molecular weight excluding hydrogens is 379 g/mol. The summed E-state index contributed by atoms with van der Waals surface area (Å²) >= 11 is 9.03. The summed E-state index contributed by atoms with van der Waals surface area (Å²) in [4.78, 5) is 23.5. The SMILES string of the molecule is CCOC(=O)/C(C)=N/N(C)C(=O)Cc1c(F)ccc(Cl)c1Br. The number of hydrogen-bond donors (Lipinski definition) is 0. The molecule has 0 radical (unpaired) electrons.